The van der Waals surface area contributed by atoms with Crippen molar-refractivity contribution in [2.75, 3.05) is 31.1 Å². The molecule has 1 N–H and O–H groups in total. The maximum Gasteiger partial charge on any atom is 0.260 e. The monoisotopic (exact) mass is 382 g/mol. The van der Waals surface area contributed by atoms with E-state index in [9.17, 15) is 4.79 Å². The number of nitrogens with zero attached hydrogens (tertiary/aromatic N) is 2. The summed E-state index contributed by atoms with van der Waals surface area (Å²) in [5, 5.41) is 0.786. The molecule has 0 bridgehead atoms. The maximum absolute atomic E-state index is 13.5. The topological polar surface area (TPSA) is 37.6 Å². The average Bonchev–Trinajstić information content (AvgIpc) is 3.10. The molecule has 0 fully saturated rings. The fraction of sp³-hybridized carbons (Fsp3) is 0.364. The SMILES string of the molecule is CC[NH+](CC)CCN(C(=O)c1cc(C)ccc1C)c1nc2ccccc2s1. The third kappa shape index (κ3) is 4.37. The molecule has 0 saturated heterocycles. The summed E-state index contributed by atoms with van der Waals surface area (Å²) in [6, 6.07) is 14.1. The summed E-state index contributed by atoms with van der Waals surface area (Å²) in [6.07, 6.45) is 0. The predicted octanol–water partition coefficient (Wildman–Crippen LogP) is 3.48. The van der Waals surface area contributed by atoms with Gasteiger partial charge in [-0.25, -0.2) is 4.98 Å². The number of rotatable bonds is 7. The molecule has 0 atom stereocenters. The van der Waals surface area contributed by atoms with Gasteiger partial charge in [0.2, 0.25) is 0 Å². The van der Waals surface area contributed by atoms with Gasteiger partial charge < -0.3 is 4.90 Å². The van der Waals surface area contributed by atoms with E-state index in [0.717, 1.165) is 51.7 Å². The van der Waals surface area contributed by atoms with Crippen molar-refractivity contribution >= 4 is 32.6 Å². The number of fused-ring (bicyclic) bond motifs is 1. The van der Waals surface area contributed by atoms with Crippen molar-refractivity contribution in [2.24, 2.45) is 0 Å². The van der Waals surface area contributed by atoms with E-state index >= 15 is 0 Å². The standard InChI is InChI=1S/C22H27N3OS/c1-5-24(6-2)13-14-25(21(26)18-15-16(3)11-12-17(18)4)22-23-19-9-7-8-10-20(19)27-22/h7-12,15H,5-6,13-14H2,1-4H3/p+1. The quantitative estimate of drug-likeness (QED) is 0.679. The summed E-state index contributed by atoms with van der Waals surface area (Å²) in [7, 11) is 0. The number of likely N-dealkylation sites (N-methyl/N-ethyl adjacent to an activating group) is 1. The van der Waals surface area contributed by atoms with Crippen LogP contribution in [0.3, 0.4) is 0 Å². The van der Waals surface area contributed by atoms with E-state index in [1.165, 1.54) is 4.90 Å². The largest absolute Gasteiger partial charge is 0.334 e. The number of quaternary nitrogens is 1. The Balaban J connectivity index is 1.98. The van der Waals surface area contributed by atoms with Crippen molar-refractivity contribution in [2.45, 2.75) is 27.7 Å². The number of hydrogen-bond acceptors (Lipinski definition) is 3. The summed E-state index contributed by atoms with van der Waals surface area (Å²) in [5.41, 5.74) is 3.82. The van der Waals surface area contributed by atoms with Crippen molar-refractivity contribution in [1.29, 1.82) is 0 Å². The number of carbonyl (C=O) groups is 1. The Labute approximate surface area is 165 Å². The summed E-state index contributed by atoms with van der Waals surface area (Å²) >= 11 is 1.59. The normalized spacial score (nSPS) is 11.3. The van der Waals surface area contributed by atoms with Crippen LogP contribution in [0.4, 0.5) is 5.13 Å². The molecular weight excluding hydrogens is 354 g/mol. The molecule has 1 amide bonds. The molecule has 3 aromatic rings. The zero-order valence-corrected chi connectivity index (χ0v) is 17.4. The summed E-state index contributed by atoms with van der Waals surface area (Å²) < 4.78 is 1.11. The van der Waals surface area contributed by atoms with Gasteiger partial charge in [0, 0.05) is 5.56 Å². The van der Waals surface area contributed by atoms with Crippen LogP contribution in [0.2, 0.25) is 0 Å². The molecule has 0 unspecified atom stereocenters. The molecule has 0 aliphatic carbocycles. The van der Waals surface area contributed by atoms with Crippen LogP contribution < -0.4 is 9.80 Å². The van der Waals surface area contributed by atoms with Crippen LogP contribution in [0.1, 0.15) is 35.3 Å². The summed E-state index contributed by atoms with van der Waals surface area (Å²) in [5.74, 6) is 0.0433. The van der Waals surface area contributed by atoms with Crippen LogP contribution in [-0.4, -0.2) is 37.1 Å². The first kappa shape index (κ1) is 19.5. The van der Waals surface area contributed by atoms with Gasteiger partial charge >= 0.3 is 0 Å². The number of nitrogens with one attached hydrogen (secondary N) is 1. The smallest absolute Gasteiger partial charge is 0.260 e. The van der Waals surface area contributed by atoms with Gasteiger partial charge in [-0.15, -0.1) is 0 Å². The molecule has 0 aliphatic rings. The third-order valence-electron chi connectivity index (χ3n) is 5.07. The molecule has 0 spiro atoms. The highest BCUT2D eigenvalue weighted by atomic mass is 32.1. The molecule has 4 nitrogen and oxygen atoms in total. The van der Waals surface area contributed by atoms with Crippen molar-refractivity contribution in [3.63, 3.8) is 0 Å². The van der Waals surface area contributed by atoms with E-state index < -0.39 is 0 Å². The Morgan fingerprint density at radius 2 is 1.85 bits per heavy atom. The number of aromatic nitrogens is 1. The van der Waals surface area contributed by atoms with Gasteiger partial charge in [-0.2, -0.15) is 0 Å². The van der Waals surface area contributed by atoms with Crippen LogP contribution >= 0.6 is 11.3 Å². The Morgan fingerprint density at radius 3 is 2.56 bits per heavy atom. The Kier molecular flexibility index (Phi) is 6.24. The number of benzene rings is 2. The molecule has 0 saturated carbocycles. The minimum Gasteiger partial charge on any atom is -0.334 e. The van der Waals surface area contributed by atoms with Crippen LogP contribution in [0, 0.1) is 13.8 Å². The number of thiazole rings is 1. The Hall–Kier alpha value is -2.24. The van der Waals surface area contributed by atoms with Gasteiger partial charge in [0.1, 0.15) is 0 Å². The van der Waals surface area contributed by atoms with E-state index in [1.807, 2.05) is 55.1 Å². The van der Waals surface area contributed by atoms with Gasteiger partial charge in [-0.05, 0) is 51.5 Å². The van der Waals surface area contributed by atoms with Gasteiger partial charge in [-0.3, -0.25) is 9.69 Å². The summed E-state index contributed by atoms with van der Waals surface area (Å²) in [6.45, 7) is 12.1. The number of amides is 1. The van der Waals surface area contributed by atoms with Crippen LogP contribution in [0.25, 0.3) is 10.2 Å². The number of aryl methyl sites for hydroxylation is 2. The molecule has 0 radical (unpaired) electrons. The Morgan fingerprint density at radius 1 is 1.11 bits per heavy atom. The van der Waals surface area contributed by atoms with Crippen LogP contribution in [-0.2, 0) is 0 Å². The minimum atomic E-state index is 0.0433. The predicted molar refractivity (Wildman–Crippen MR) is 114 cm³/mol. The molecule has 142 valence electrons. The molecule has 3 rings (SSSR count). The molecule has 0 aliphatic heterocycles. The van der Waals surface area contributed by atoms with Gasteiger partial charge in [0.25, 0.3) is 5.91 Å². The fourth-order valence-corrected chi connectivity index (χ4v) is 4.23. The first-order chi connectivity index (χ1) is 13.0. The van der Waals surface area contributed by atoms with Crippen LogP contribution in [0.15, 0.2) is 42.5 Å². The highest BCUT2D eigenvalue weighted by Gasteiger charge is 2.24. The number of hydrogen-bond donors (Lipinski definition) is 1. The molecule has 1 heterocycles. The number of anilines is 1. The molecule has 27 heavy (non-hydrogen) atoms. The molecule has 2 aromatic carbocycles. The zero-order valence-electron chi connectivity index (χ0n) is 16.6. The van der Waals surface area contributed by atoms with Gasteiger partial charge in [-0.1, -0.05) is 41.2 Å². The molecule has 5 heteroatoms. The van der Waals surface area contributed by atoms with E-state index in [1.54, 1.807) is 11.3 Å². The second-order valence-corrected chi connectivity index (χ2v) is 7.96. The lowest BCUT2D eigenvalue weighted by Gasteiger charge is -2.23. The molecule has 1 aromatic heterocycles. The third-order valence-corrected chi connectivity index (χ3v) is 6.13. The Bertz CT molecular complexity index is 897. The average molecular weight is 383 g/mol. The van der Waals surface area contributed by atoms with E-state index in [-0.39, 0.29) is 5.91 Å². The highest BCUT2D eigenvalue weighted by Crippen LogP contribution is 2.29. The summed E-state index contributed by atoms with van der Waals surface area (Å²) in [4.78, 5) is 21.6. The fourth-order valence-electron chi connectivity index (χ4n) is 3.24. The first-order valence-electron chi connectivity index (χ1n) is 9.61. The molecular formula is C22H28N3OS+. The van der Waals surface area contributed by atoms with E-state index in [2.05, 4.69) is 19.9 Å². The van der Waals surface area contributed by atoms with E-state index in [4.69, 9.17) is 4.98 Å². The van der Waals surface area contributed by atoms with Crippen molar-refractivity contribution in [3.8, 4) is 0 Å². The van der Waals surface area contributed by atoms with Gasteiger partial charge in [0.05, 0.1) is 36.4 Å². The van der Waals surface area contributed by atoms with Gasteiger partial charge in [0.15, 0.2) is 5.13 Å². The highest BCUT2D eigenvalue weighted by molar-refractivity contribution is 7.22. The van der Waals surface area contributed by atoms with Crippen LogP contribution in [0.5, 0.6) is 0 Å². The van der Waals surface area contributed by atoms with Crippen molar-refractivity contribution in [3.05, 3.63) is 59.2 Å². The minimum absolute atomic E-state index is 0.0433. The lowest BCUT2D eigenvalue weighted by molar-refractivity contribution is -0.894. The maximum atomic E-state index is 13.5. The van der Waals surface area contributed by atoms with Crippen molar-refractivity contribution in [1.82, 2.24) is 4.98 Å². The van der Waals surface area contributed by atoms with Crippen molar-refractivity contribution < 1.29 is 9.69 Å². The lowest BCUT2D eigenvalue weighted by atomic mass is 10.0. The zero-order chi connectivity index (χ0) is 19.4. The lowest BCUT2D eigenvalue weighted by Crippen LogP contribution is -3.12. The first-order valence-corrected chi connectivity index (χ1v) is 10.4. The second-order valence-electron chi connectivity index (χ2n) is 6.95. The number of carbonyl (C=O) groups excluding carboxylic acids is 1. The second kappa shape index (κ2) is 8.63. The number of para-hydroxylation sites is 1. The van der Waals surface area contributed by atoms with E-state index in [0.29, 0.717) is 6.54 Å².